The molecule has 5 nitrogen and oxygen atoms in total. The van der Waals surface area contributed by atoms with Crippen LogP contribution >= 0.6 is 11.3 Å². The fraction of sp³-hybridized carbons (Fsp3) is 0.412. The molecule has 120 valence electrons. The number of thiazole rings is 1. The molecule has 23 heavy (non-hydrogen) atoms. The lowest BCUT2D eigenvalue weighted by atomic mass is 10.1. The van der Waals surface area contributed by atoms with E-state index in [0.29, 0.717) is 6.04 Å². The minimum Gasteiger partial charge on any atom is -0.297 e. The molecule has 0 spiro atoms. The predicted octanol–water partition coefficient (Wildman–Crippen LogP) is 2.67. The quantitative estimate of drug-likeness (QED) is 0.738. The Bertz CT molecular complexity index is 729. The normalized spacial score (nSPS) is 18.5. The third kappa shape index (κ3) is 3.15. The molecule has 6 heteroatoms. The van der Waals surface area contributed by atoms with Crippen molar-refractivity contribution in [2.45, 2.75) is 19.5 Å². The second-order valence-corrected chi connectivity index (χ2v) is 6.97. The van der Waals surface area contributed by atoms with Crippen LogP contribution in [0.4, 0.5) is 0 Å². The molecule has 0 bridgehead atoms. The van der Waals surface area contributed by atoms with Crippen molar-refractivity contribution in [3.8, 4) is 0 Å². The van der Waals surface area contributed by atoms with Crippen molar-refractivity contribution in [2.24, 2.45) is 0 Å². The number of aromatic nitrogens is 3. The van der Waals surface area contributed by atoms with Crippen LogP contribution in [0, 0.1) is 0 Å². The summed E-state index contributed by atoms with van der Waals surface area (Å²) in [4.78, 5) is 15.1. The first-order valence-electron chi connectivity index (χ1n) is 8.07. The van der Waals surface area contributed by atoms with Crippen LogP contribution in [0.15, 0.2) is 42.3 Å². The van der Waals surface area contributed by atoms with Gasteiger partial charge in [0.2, 0.25) is 0 Å². The maximum Gasteiger partial charge on any atom is 0.193 e. The number of rotatable bonds is 4. The van der Waals surface area contributed by atoms with Gasteiger partial charge in [-0.05, 0) is 18.6 Å². The molecule has 3 aromatic heterocycles. The fourth-order valence-corrected chi connectivity index (χ4v) is 3.94. The van der Waals surface area contributed by atoms with Crippen LogP contribution in [0.2, 0.25) is 0 Å². The molecule has 4 heterocycles. The lowest BCUT2D eigenvalue weighted by molar-refractivity contribution is 0.0970. The van der Waals surface area contributed by atoms with Gasteiger partial charge in [0, 0.05) is 68.9 Å². The van der Waals surface area contributed by atoms with E-state index in [0.717, 1.165) is 37.7 Å². The van der Waals surface area contributed by atoms with Crippen molar-refractivity contribution < 1.29 is 0 Å². The molecular formula is C17H21N5S. The molecule has 0 aliphatic carbocycles. The van der Waals surface area contributed by atoms with E-state index in [1.807, 2.05) is 18.5 Å². The predicted molar refractivity (Wildman–Crippen MR) is 92.6 cm³/mol. The highest BCUT2D eigenvalue weighted by atomic mass is 32.1. The Morgan fingerprint density at radius 3 is 2.87 bits per heavy atom. The van der Waals surface area contributed by atoms with Gasteiger partial charge in [0.25, 0.3) is 0 Å². The van der Waals surface area contributed by atoms with Gasteiger partial charge in [0.05, 0.1) is 5.69 Å². The molecule has 1 aliphatic rings. The molecular weight excluding hydrogens is 306 g/mol. The molecule has 0 N–H and O–H groups in total. The number of hydrogen-bond donors (Lipinski definition) is 0. The zero-order valence-electron chi connectivity index (χ0n) is 13.3. The average Bonchev–Trinajstić information content (AvgIpc) is 3.17. The fourth-order valence-electron chi connectivity index (χ4n) is 3.22. The van der Waals surface area contributed by atoms with Crippen molar-refractivity contribution in [1.29, 1.82) is 0 Å². The van der Waals surface area contributed by atoms with E-state index in [1.165, 1.54) is 11.3 Å². The molecule has 0 radical (unpaired) electrons. The molecule has 0 saturated carbocycles. The van der Waals surface area contributed by atoms with Crippen LogP contribution in [0.25, 0.3) is 4.96 Å². The van der Waals surface area contributed by atoms with E-state index in [-0.39, 0.29) is 0 Å². The van der Waals surface area contributed by atoms with E-state index >= 15 is 0 Å². The summed E-state index contributed by atoms with van der Waals surface area (Å²) in [6, 6.07) is 4.62. The molecule has 0 amide bonds. The van der Waals surface area contributed by atoms with Crippen LogP contribution in [0.3, 0.4) is 0 Å². The third-order valence-corrected chi connectivity index (χ3v) is 5.42. The minimum absolute atomic E-state index is 0.434. The summed E-state index contributed by atoms with van der Waals surface area (Å²) in [7, 11) is 0. The summed E-state index contributed by atoms with van der Waals surface area (Å²) in [5.74, 6) is 0. The maximum atomic E-state index is 4.69. The molecule has 1 unspecified atom stereocenters. The Kier molecular flexibility index (Phi) is 4.11. The van der Waals surface area contributed by atoms with Crippen LogP contribution in [0.5, 0.6) is 0 Å². The zero-order chi connectivity index (χ0) is 15.6. The van der Waals surface area contributed by atoms with Gasteiger partial charge in [-0.1, -0.05) is 6.07 Å². The molecule has 1 aliphatic heterocycles. The number of pyridine rings is 1. The molecule has 3 aromatic rings. The minimum atomic E-state index is 0.434. The molecule has 1 saturated heterocycles. The summed E-state index contributed by atoms with van der Waals surface area (Å²) in [5.41, 5.74) is 2.47. The van der Waals surface area contributed by atoms with E-state index < -0.39 is 0 Å². The van der Waals surface area contributed by atoms with Crippen molar-refractivity contribution in [1.82, 2.24) is 24.2 Å². The summed E-state index contributed by atoms with van der Waals surface area (Å²) in [6.45, 7) is 7.60. The zero-order valence-corrected chi connectivity index (χ0v) is 14.1. The highest BCUT2D eigenvalue weighted by molar-refractivity contribution is 7.15. The van der Waals surface area contributed by atoms with Gasteiger partial charge >= 0.3 is 0 Å². The van der Waals surface area contributed by atoms with Gasteiger partial charge in [-0.2, -0.15) is 0 Å². The lowest BCUT2D eigenvalue weighted by Gasteiger charge is -2.37. The topological polar surface area (TPSA) is 36.7 Å². The standard InChI is InChI=1S/C17H21N5S/c1-14(15-3-2-4-18-11-15)21-7-5-20(6-8-21)12-16-13-22-9-10-23-17(22)19-16/h2-4,9-11,13-14H,5-8,12H2,1H3. The van der Waals surface area contributed by atoms with Crippen molar-refractivity contribution in [3.05, 3.63) is 53.6 Å². The number of fused-ring (bicyclic) bond motifs is 1. The Labute approximate surface area is 140 Å². The first-order chi connectivity index (χ1) is 11.3. The molecule has 4 rings (SSSR count). The second kappa shape index (κ2) is 6.39. The van der Waals surface area contributed by atoms with Crippen LogP contribution in [-0.2, 0) is 6.54 Å². The molecule has 1 atom stereocenters. The monoisotopic (exact) mass is 327 g/mol. The maximum absolute atomic E-state index is 4.69. The SMILES string of the molecule is CC(c1cccnc1)N1CCN(Cc2cn3ccsc3n2)CC1. The van der Waals surface area contributed by atoms with Crippen LogP contribution in [-0.4, -0.2) is 50.3 Å². The van der Waals surface area contributed by atoms with Gasteiger partial charge in [-0.3, -0.25) is 19.2 Å². The van der Waals surface area contributed by atoms with Gasteiger partial charge in [-0.15, -0.1) is 11.3 Å². The lowest BCUT2D eigenvalue weighted by Crippen LogP contribution is -2.46. The first-order valence-corrected chi connectivity index (χ1v) is 8.95. The summed E-state index contributed by atoms with van der Waals surface area (Å²) < 4.78 is 2.11. The van der Waals surface area contributed by atoms with Gasteiger partial charge in [0.1, 0.15) is 0 Å². The first kappa shape index (κ1) is 14.8. The van der Waals surface area contributed by atoms with E-state index in [9.17, 15) is 0 Å². The largest absolute Gasteiger partial charge is 0.297 e. The summed E-state index contributed by atoms with van der Waals surface area (Å²) >= 11 is 1.69. The Morgan fingerprint density at radius 1 is 1.26 bits per heavy atom. The Hall–Kier alpha value is -1.76. The molecule has 1 fully saturated rings. The second-order valence-electron chi connectivity index (χ2n) is 6.10. The van der Waals surface area contributed by atoms with Gasteiger partial charge in [-0.25, -0.2) is 4.98 Å². The smallest absolute Gasteiger partial charge is 0.193 e. The molecule has 0 aromatic carbocycles. The Balaban J connectivity index is 1.34. The summed E-state index contributed by atoms with van der Waals surface area (Å²) in [6.07, 6.45) is 8.04. The third-order valence-electron chi connectivity index (χ3n) is 4.65. The number of hydrogen-bond acceptors (Lipinski definition) is 5. The van der Waals surface area contributed by atoms with E-state index in [1.54, 1.807) is 11.3 Å². The highest BCUT2D eigenvalue weighted by Crippen LogP contribution is 2.21. The van der Waals surface area contributed by atoms with Crippen LogP contribution < -0.4 is 0 Å². The van der Waals surface area contributed by atoms with Gasteiger partial charge < -0.3 is 0 Å². The van der Waals surface area contributed by atoms with Crippen molar-refractivity contribution in [3.63, 3.8) is 0 Å². The van der Waals surface area contributed by atoms with E-state index in [2.05, 4.69) is 54.9 Å². The number of nitrogens with zero attached hydrogens (tertiary/aromatic N) is 5. The number of imidazole rings is 1. The van der Waals surface area contributed by atoms with Gasteiger partial charge in [0.15, 0.2) is 4.96 Å². The Morgan fingerprint density at radius 2 is 2.13 bits per heavy atom. The average molecular weight is 327 g/mol. The van der Waals surface area contributed by atoms with Crippen molar-refractivity contribution in [2.75, 3.05) is 26.2 Å². The van der Waals surface area contributed by atoms with E-state index in [4.69, 9.17) is 0 Å². The number of piperazine rings is 1. The van der Waals surface area contributed by atoms with Crippen LogP contribution in [0.1, 0.15) is 24.2 Å². The van der Waals surface area contributed by atoms with Crippen molar-refractivity contribution >= 4 is 16.3 Å². The summed E-state index contributed by atoms with van der Waals surface area (Å²) in [5, 5.41) is 2.07. The highest BCUT2D eigenvalue weighted by Gasteiger charge is 2.22.